The Kier molecular flexibility index (Phi) is 4.24. The number of hydrogen-bond acceptors (Lipinski definition) is 1. The van der Waals surface area contributed by atoms with Gasteiger partial charge in [-0.2, -0.15) is 0 Å². The van der Waals surface area contributed by atoms with Crippen LogP contribution in [0.25, 0.3) is 28.2 Å². The van der Waals surface area contributed by atoms with Crippen LogP contribution in [0.4, 0.5) is 0 Å². The third-order valence-corrected chi connectivity index (χ3v) is 4.52. The van der Waals surface area contributed by atoms with Crippen LogP contribution in [0.3, 0.4) is 0 Å². The van der Waals surface area contributed by atoms with Crippen LogP contribution in [0.5, 0.6) is 0 Å². The van der Waals surface area contributed by atoms with Gasteiger partial charge in [-0.1, -0.05) is 72.3 Å². The fourth-order valence-electron chi connectivity index (χ4n) is 3.19. The van der Waals surface area contributed by atoms with E-state index < -0.39 is 0 Å². The highest BCUT2D eigenvalue weighted by Gasteiger charge is 2.12. The second-order valence-corrected chi connectivity index (χ2v) is 6.39. The van der Waals surface area contributed by atoms with Crippen LogP contribution in [0.2, 0.25) is 0 Å². The lowest BCUT2D eigenvalue weighted by atomic mass is 10.0. The van der Waals surface area contributed by atoms with Gasteiger partial charge in [0.1, 0.15) is 0 Å². The van der Waals surface area contributed by atoms with Crippen molar-refractivity contribution in [3.63, 3.8) is 0 Å². The summed E-state index contributed by atoms with van der Waals surface area (Å²) < 4.78 is 0. The summed E-state index contributed by atoms with van der Waals surface area (Å²) in [7, 11) is 0. The molecule has 2 heteroatoms. The first-order valence-corrected chi connectivity index (χ1v) is 8.67. The number of aromatic nitrogens is 1. The van der Waals surface area contributed by atoms with Gasteiger partial charge in [0, 0.05) is 22.0 Å². The maximum absolute atomic E-state index is 12.5. The van der Waals surface area contributed by atoms with Gasteiger partial charge in [0.15, 0.2) is 5.78 Å². The van der Waals surface area contributed by atoms with Gasteiger partial charge in [-0.15, -0.1) is 0 Å². The van der Waals surface area contributed by atoms with E-state index in [0.29, 0.717) is 5.56 Å². The first kappa shape index (κ1) is 16.1. The molecule has 0 fully saturated rings. The van der Waals surface area contributed by atoms with Gasteiger partial charge in [-0.05, 0) is 36.8 Å². The van der Waals surface area contributed by atoms with Crippen LogP contribution in [0, 0.1) is 6.92 Å². The molecule has 0 spiro atoms. The van der Waals surface area contributed by atoms with E-state index >= 15 is 0 Å². The Balaban J connectivity index is 1.83. The number of hydrogen-bond donors (Lipinski definition) is 1. The van der Waals surface area contributed by atoms with Crippen molar-refractivity contribution in [1.29, 1.82) is 0 Å². The standard InChI is InChI=1S/C24H19NO/c1-17-12-14-22-21(16-17)20(24(25-22)19-10-6-3-7-11-19)13-15-23(26)18-8-4-2-5-9-18/h2-16,25H,1H3/b15-13+. The summed E-state index contributed by atoms with van der Waals surface area (Å²) in [5.74, 6) is 0.00612. The quantitative estimate of drug-likeness (QED) is 0.357. The van der Waals surface area contributed by atoms with Crippen molar-refractivity contribution < 1.29 is 4.79 Å². The largest absolute Gasteiger partial charge is 0.354 e. The molecule has 26 heavy (non-hydrogen) atoms. The number of allylic oxidation sites excluding steroid dienone is 1. The van der Waals surface area contributed by atoms with E-state index in [1.807, 2.05) is 54.6 Å². The third kappa shape index (κ3) is 3.09. The van der Waals surface area contributed by atoms with Crippen LogP contribution in [0.15, 0.2) is 84.9 Å². The van der Waals surface area contributed by atoms with Crippen molar-refractivity contribution in [2.75, 3.05) is 0 Å². The number of rotatable bonds is 4. The fourth-order valence-corrected chi connectivity index (χ4v) is 3.19. The highest BCUT2D eigenvalue weighted by atomic mass is 16.1. The molecule has 4 aromatic rings. The predicted octanol–water partition coefficient (Wildman–Crippen LogP) is 6.04. The molecule has 126 valence electrons. The smallest absolute Gasteiger partial charge is 0.185 e. The first-order chi connectivity index (χ1) is 12.7. The molecule has 0 bridgehead atoms. The Morgan fingerprint density at radius 3 is 2.31 bits per heavy atom. The normalized spacial score (nSPS) is 11.3. The maximum atomic E-state index is 12.5. The summed E-state index contributed by atoms with van der Waals surface area (Å²) in [6.07, 6.45) is 3.59. The SMILES string of the molecule is Cc1ccc2[nH]c(-c3ccccc3)c(/C=C/C(=O)c3ccccc3)c2c1. The molecule has 0 aliphatic rings. The zero-order valence-corrected chi connectivity index (χ0v) is 14.6. The molecule has 0 amide bonds. The van der Waals surface area contributed by atoms with Crippen LogP contribution < -0.4 is 0 Å². The van der Waals surface area contributed by atoms with Crippen LogP contribution in [0.1, 0.15) is 21.5 Å². The van der Waals surface area contributed by atoms with Crippen molar-refractivity contribution in [2.24, 2.45) is 0 Å². The number of H-pyrrole nitrogens is 1. The van der Waals surface area contributed by atoms with E-state index in [9.17, 15) is 4.79 Å². The van der Waals surface area contributed by atoms with Gasteiger partial charge in [0.25, 0.3) is 0 Å². The summed E-state index contributed by atoms with van der Waals surface area (Å²) in [6, 6.07) is 25.9. The van der Waals surface area contributed by atoms with Crippen molar-refractivity contribution >= 4 is 22.8 Å². The minimum Gasteiger partial charge on any atom is -0.354 e. The fraction of sp³-hybridized carbons (Fsp3) is 0.0417. The van der Waals surface area contributed by atoms with E-state index in [1.165, 1.54) is 5.56 Å². The van der Waals surface area contributed by atoms with Crippen molar-refractivity contribution in [3.05, 3.63) is 102 Å². The molecule has 2 nitrogen and oxygen atoms in total. The van der Waals surface area contributed by atoms with E-state index in [2.05, 4.69) is 42.2 Å². The molecule has 0 saturated carbocycles. The van der Waals surface area contributed by atoms with Gasteiger partial charge >= 0.3 is 0 Å². The number of carbonyl (C=O) groups is 1. The molecule has 1 heterocycles. The lowest BCUT2D eigenvalue weighted by molar-refractivity contribution is 0.104. The number of carbonyl (C=O) groups excluding carboxylic acids is 1. The molecule has 3 aromatic carbocycles. The Hall–Kier alpha value is -3.39. The Morgan fingerprint density at radius 1 is 0.885 bits per heavy atom. The Bertz CT molecular complexity index is 1090. The number of aromatic amines is 1. The summed E-state index contributed by atoms with van der Waals surface area (Å²) in [5.41, 5.74) is 6.14. The number of benzene rings is 3. The summed E-state index contributed by atoms with van der Waals surface area (Å²) in [5, 5.41) is 1.13. The van der Waals surface area contributed by atoms with Gasteiger partial charge in [0.2, 0.25) is 0 Å². The Morgan fingerprint density at radius 2 is 1.58 bits per heavy atom. The van der Waals surface area contributed by atoms with Crippen LogP contribution >= 0.6 is 0 Å². The van der Waals surface area contributed by atoms with Crippen LogP contribution in [-0.2, 0) is 0 Å². The van der Waals surface area contributed by atoms with Gasteiger partial charge in [0.05, 0.1) is 5.69 Å². The molecular formula is C24H19NO. The van der Waals surface area contributed by atoms with Crippen molar-refractivity contribution in [2.45, 2.75) is 6.92 Å². The van der Waals surface area contributed by atoms with Crippen LogP contribution in [-0.4, -0.2) is 10.8 Å². The predicted molar refractivity (Wildman–Crippen MR) is 108 cm³/mol. The summed E-state index contributed by atoms with van der Waals surface area (Å²) >= 11 is 0. The van der Waals surface area contributed by atoms with E-state index in [4.69, 9.17) is 0 Å². The second-order valence-electron chi connectivity index (χ2n) is 6.39. The van der Waals surface area contributed by atoms with Gasteiger partial charge < -0.3 is 4.98 Å². The highest BCUT2D eigenvalue weighted by molar-refractivity contribution is 6.09. The number of nitrogens with one attached hydrogen (secondary N) is 1. The number of ketones is 1. The average molecular weight is 337 g/mol. The molecule has 0 aliphatic heterocycles. The minimum atomic E-state index is 0.00612. The molecule has 1 N–H and O–H groups in total. The summed E-state index contributed by atoms with van der Waals surface area (Å²) in [4.78, 5) is 16.0. The van der Waals surface area contributed by atoms with Gasteiger partial charge in [-0.25, -0.2) is 0 Å². The summed E-state index contributed by atoms with van der Waals surface area (Å²) in [6.45, 7) is 2.08. The topological polar surface area (TPSA) is 32.9 Å². The maximum Gasteiger partial charge on any atom is 0.185 e. The Labute approximate surface area is 152 Å². The average Bonchev–Trinajstić information content (AvgIpc) is 3.05. The molecule has 0 atom stereocenters. The number of aryl methyl sites for hydroxylation is 1. The van der Waals surface area contributed by atoms with Crippen molar-refractivity contribution in [1.82, 2.24) is 4.98 Å². The molecule has 0 aliphatic carbocycles. The minimum absolute atomic E-state index is 0.00612. The first-order valence-electron chi connectivity index (χ1n) is 8.67. The molecular weight excluding hydrogens is 318 g/mol. The van der Waals surface area contributed by atoms with Gasteiger partial charge in [-0.3, -0.25) is 4.79 Å². The molecule has 1 aromatic heterocycles. The second kappa shape index (κ2) is 6.85. The van der Waals surface area contributed by atoms with E-state index in [0.717, 1.165) is 27.7 Å². The zero-order chi connectivity index (χ0) is 17.9. The molecule has 0 saturated heterocycles. The number of fused-ring (bicyclic) bond motifs is 1. The third-order valence-electron chi connectivity index (χ3n) is 4.52. The monoisotopic (exact) mass is 337 g/mol. The lowest BCUT2D eigenvalue weighted by Crippen LogP contribution is -1.92. The molecule has 4 rings (SSSR count). The zero-order valence-electron chi connectivity index (χ0n) is 14.6. The lowest BCUT2D eigenvalue weighted by Gasteiger charge is -2.01. The van der Waals surface area contributed by atoms with E-state index in [-0.39, 0.29) is 5.78 Å². The van der Waals surface area contributed by atoms with Crippen molar-refractivity contribution in [3.8, 4) is 11.3 Å². The molecule has 0 radical (unpaired) electrons. The highest BCUT2D eigenvalue weighted by Crippen LogP contribution is 2.32. The molecule has 0 unspecified atom stereocenters. The van der Waals surface area contributed by atoms with E-state index in [1.54, 1.807) is 6.08 Å².